The van der Waals surface area contributed by atoms with Gasteiger partial charge in [-0.05, 0) is 59.7 Å². The molecular weight excluding hydrogens is 302 g/mol. The van der Waals surface area contributed by atoms with Crippen LogP contribution in [0.2, 0.25) is 0 Å². The molecule has 3 nitrogen and oxygen atoms in total. The second-order valence-corrected chi connectivity index (χ2v) is 4.53. The molecule has 1 unspecified atom stereocenters. The number of nitrogens with zero attached hydrogens (tertiary/aromatic N) is 1. The van der Waals surface area contributed by atoms with E-state index in [9.17, 15) is 4.79 Å². The molecule has 0 aliphatic carbocycles. The third kappa shape index (κ3) is 4.04. The van der Waals surface area contributed by atoms with E-state index in [0.717, 1.165) is 6.42 Å². The van der Waals surface area contributed by atoms with Crippen molar-refractivity contribution in [2.24, 2.45) is 4.99 Å². The third-order valence-corrected chi connectivity index (χ3v) is 3.01. The molecule has 0 fully saturated rings. The van der Waals surface area contributed by atoms with Gasteiger partial charge in [0.05, 0.1) is 22.5 Å². The predicted octanol–water partition coefficient (Wildman–Crippen LogP) is 4.14. The summed E-state index contributed by atoms with van der Waals surface area (Å²) in [5.41, 5.74) is 1.02. The van der Waals surface area contributed by atoms with E-state index in [-0.39, 0.29) is 12.1 Å². The number of rotatable bonds is 4. The molecule has 0 aliphatic heterocycles. The lowest BCUT2D eigenvalue weighted by molar-refractivity contribution is 0.0333. The van der Waals surface area contributed by atoms with E-state index in [0.29, 0.717) is 15.7 Å². The van der Waals surface area contributed by atoms with Gasteiger partial charge in [-0.25, -0.2) is 4.79 Å². The number of benzene rings is 1. The minimum atomic E-state index is -0.368. The second kappa shape index (κ2) is 6.64. The summed E-state index contributed by atoms with van der Waals surface area (Å²) in [6, 6.07) is 5.09. The van der Waals surface area contributed by atoms with Crippen molar-refractivity contribution >= 4 is 45.0 Å². The van der Waals surface area contributed by atoms with Crippen LogP contribution in [0.1, 0.15) is 30.6 Å². The minimum absolute atomic E-state index is 0.105. The summed E-state index contributed by atoms with van der Waals surface area (Å²) in [6.45, 7) is 3.81. The Hall–Kier alpha value is -1.03. The summed E-state index contributed by atoms with van der Waals surface area (Å²) in [5.74, 6) is -0.368. The highest BCUT2D eigenvalue weighted by Gasteiger charge is 2.14. The van der Waals surface area contributed by atoms with Gasteiger partial charge in [0.15, 0.2) is 0 Å². The number of carbonyl (C=O) groups is 1. The Morgan fingerprint density at radius 1 is 1.65 bits per heavy atom. The number of ether oxygens (including phenoxy) is 1. The Morgan fingerprint density at radius 3 is 2.94 bits per heavy atom. The van der Waals surface area contributed by atoms with Gasteiger partial charge in [0, 0.05) is 4.47 Å². The van der Waals surface area contributed by atoms with E-state index in [4.69, 9.17) is 4.74 Å². The molecule has 0 heterocycles. The van der Waals surface area contributed by atoms with Crippen LogP contribution in [0.15, 0.2) is 27.7 Å². The maximum absolute atomic E-state index is 11.9. The Morgan fingerprint density at radius 2 is 2.35 bits per heavy atom. The van der Waals surface area contributed by atoms with Crippen LogP contribution in [0, 0.1) is 0 Å². The highest BCUT2D eigenvalue weighted by atomic mass is 79.9. The topological polar surface area (TPSA) is 38.7 Å². The lowest BCUT2D eigenvalue weighted by atomic mass is 10.2. The molecule has 0 aromatic heterocycles. The summed E-state index contributed by atoms with van der Waals surface area (Å²) < 4.78 is 5.92. The van der Waals surface area contributed by atoms with E-state index in [1.807, 2.05) is 13.8 Å². The highest BCUT2D eigenvalue weighted by Crippen LogP contribution is 2.24. The summed E-state index contributed by atoms with van der Waals surface area (Å²) >= 11 is 7.83. The molecule has 0 radical (unpaired) electrons. The van der Waals surface area contributed by atoms with Crippen molar-refractivity contribution in [2.45, 2.75) is 26.4 Å². The van der Waals surface area contributed by atoms with Gasteiger partial charge in [-0.2, -0.15) is 4.99 Å². The third-order valence-electron chi connectivity index (χ3n) is 2.23. The minimum Gasteiger partial charge on any atom is -0.459 e. The van der Waals surface area contributed by atoms with Crippen molar-refractivity contribution in [3.63, 3.8) is 0 Å². The molecular formula is C12H12BrNO2S. The average molecular weight is 314 g/mol. The van der Waals surface area contributed by atoms with Gasteiger partial charge in [0.2, 0.25) is 0 Å². The molecule has 0 aliphatic rings. The van der Waals surface area contributed by atoms with Crippen molar-refractivity contribution in [1.29, 1.82) is 0 Å². The van der Waals surface area contributed by atoms with Gasteiger partial charge in [0.1, 0.15) is 0 Å². The van der Waals surface area contributed by atoms with Crippen LogP contribution in [0.25, 0.3) is 0 Å². The zero-order chi connectivity index (χ0) is 12.8. The van der Waals surface area contributed by atoms with Crippen molar-refractivity contribution in [1.82, 2.24) is 0 Å². The van der Waals surface area contributed by atoms with Gasteiger partial charge in [-0.3, -0.25) is 0 Å². The predicted molar refractivity (Wildman–Crippen MR) is 74.0 cm³/mol. The number of isothiocyanates is 1. The molecule has 1 aromatic carbocycles. The van der Waals surface area contributed by atoms with E-state index in [1.165, 1.54) is 0 Å². The fourth-order valence-corrected chi connectivity index (χ4v) is 1.64. The van der Waals surface area contributed by atoms with Gasteiger partial charge < -0.3 is 4.74 Å². The van der Waals surface area contributed by atoms with Crippen LogP contribution in [-0.2, 0) is 4.74 Å². The zero-order valence-electron chi connectivity index (χ0n) is 9.57. The van der Waals surface area contributed by atoms with Crippen molar-refractivity contribution in [3.05, 3.63) is 28.2 Å². The Labute approximate surface area is 114 Å². The molecule has 0 spiro atoms. The van der Waals surface area contributed by atoms with E-state index in [1.54, 1.807) is 18.2 Å². The molecule has 0 bridgehead atoms. The Kier molecular flexibility index (Phi) is 5.48. The maximum atomic E-state index is 11.9. The highest BCUT2D eigenvalue weighted by molar-refractivity contribution is 9.10. The molecule has 1 rings (SSSR count). The lowest BCUT2D eigenvalue weighted by Crippen LogP contribution is -2.14. The van der Waals surface area contributed by atoms with Gasteiger partial charge in [-0.15, -0.1) is 0 Å². The van der Waals surface area contributed by atoms with E-state index >= 15 is 0 Å². The molecule has 0 amide bonds. The average Bonchev–Trinajstić information content (AvgIpc) is 2.31. The first kappa shape index (κ1) is 14.0. The van der Waals surface area contributed by atoms with Gasteiger partial charge in [-0.1, -0.05) is 6.92 Å². The first-order valence-electron chi connectivity index (χ1n) is 5.17. The molecule has 5 heteroatoms. The number of thiocarbonyl (C=S) groups is 1. The van der Waals surface area contributed by atoms with Crippen LogP contribution < -0.4 is 0 Å². The summed E-state index contributed by atoms with van der Waals surface area (Å²) in [6.07, 6.45) is 0.674. The monoisotopic (exact) mass is 313 g/mol. The Bertz CT molecular complexity index is 470. The van der Waals surface area contributed by atoms with Crippen LogP contribution in [-0.4, -0.2) is 17.2 Å². The molecule has 1 aromatic rings. The number of hydrogen-bond acceptors (Lipinski definition) is 4. The fraction of sp³-hybridized carbons (Fsp3) is 0.333. The van der Waals surface area contributed by atoms with Crippen molar-refractivity contribution < 1.29 is 9.53 Å². The molecule has 90 valence electrons. The standard InChI is InChI=1S/C12H12BrNO2S/c1-3-8(2)16-12(15)10-6-9(14-7-17)4-5-11(10)13/h4-6,8H,3H2,1-2H3. The molecule has 0 saturated heterocycles. The number of carbonyl (C=O) groups excluding carboxylic acids is 1. The van der Waals surface area contributed by atoms with Crippen molar-refractivity contribution in [3.8, 4) is 0 Å². The Balaban J connectivity index is 2.99. The van der Waals surface area contributed by atoms with Crippen LogP contribution in [0.3, 0.4) is 0 Å². The largest absolute Gasteiger partial charge is 0.459 e. The molecule has 0 saturated carbocycles. The second-order valence-electron chi connectivity index (χ2n) is 3.49. The number of esters is 1. The zero-order valence-corrected chi connectivity index (χ0v) is 12.0. The molecule has 17 heavy (non-hydrogen) atoms. The van der Waals surface area contributed by atoms with E-state index < -0.39 is 0 Å². The first-order valence-corrected chi connectivity index (χ1v) is 6.37. The summed E-state index contributed by atoms with van der Waals surface area (Å²) in [7, 11) is 0. The van der Waals surface area contributed by atoms with Gasteiger partial charge >= 0.3 is 5.97 Å². The lowest BCUT2D eigenvalue weighted by Gasteiger charge is -2.11. The molecule has 1 atom stereocenters. The smallest absolute Gasteiger partial charge is 0.339 e. The van der Waals surface area contributed by atoms with Gasteiger partial charge in [0.25, 0.3) is 0 Å². The van der Waals surface area contributed by atoms with Crippen LogP contribution >= 0.6 is 28.1 Å². The maximum Gasteiger partial charge on any atom is 0.339 e. The number of hydrogen-bond donors (Lipinski definition) is 0. The van der Waals surface area contributed by atoms with E-state index in [2.05, 4.69) is 38.3 Å². The first-order chi connectivity index (χ1) is 8.08. The number of halogens is 1. The quantitative estimate of drug-likeness (QED) is 0.476. The van der Waals surface area contributed by atoms with Crippen LogP contribution in [0.4, 0.5) is 5.69 Å². The van der Waals surface area contributed by atoms with Crippen molar-refractivity contribution in [2.75, 3.05) is 0 Å². The fourth-order valence-electron chi connectivity index (χ4n) is 1.12. The SMILES string of the molecule is CCC(C)OC(=O)c1cc(N=C=S)ccc1Br. The summed E-state index contributed by atoms with van der Waals surface area (Å²) in [5, 5.41) is 2.26. The summed E-state index contributed by atoms with van der Waals surface area (Å²) in [4.78, 5) is 15.7. The van der Waals surface area contributed by atoms with Crippen LogP contribution in [0.5, 0.6) is 0 Å². The number of aliphatic imine (C=N–C) groups is 1. The molecule has 0 N–H and O–H groups in total. The normalized spacial score (nSPS) is 11.5.